The maximum atomic E-state index is 13.6. The fourth-order valence-electron chi connectivity index (χ4n) is 1.96. The summed E-state index contributed by atoms with van der Waals surface area (Å²) in [5.74, 6) is -1.22. The van der Waals surface area contributed by atoms with E-state index >= 15 is 0 Å². The Labute approximate surface area is 110 Å². The monoisotopic (exact) mass is 266 g/mol. The van der Waals surface area contributed by atoms with Crippen LogP contribution in [0.2, 0.25) is 0 Å². The van der Waals surface area contributed by atoms with Crippen LogP contribution in [0.5, 0.6) is 0 Å². The number of rotatable bonds is 4. The lowest BCUT2D eigenvalue weighted by molar-refractivity contribution is 0.495. The van der Waals surface area contributed by atoms with Crippen molar-refractivity contribution in [3.8, 4) is 0 Å². The lowest BCUT2D eigenvalue weighted by atomic mass is 9.93. The first kappa shape index (κ1) is 13.0. The minimum atomic E-state index is -0.811. The number of hydrogen-bond acceptors (Lipinski definition) is 0. The molecule has 2 aromatic carbocycles. The molecule has 18 heavy (non-hydrogen) atoms. The van der Waals surface area contributed by atoms with Crippen LogP contribution in [0.4, 0.5) is 8.78 Å². The molecule has 0 radical (unpaired) electrons. The Morgan fingerprint density at radius 2 is 1.67 bits per heavy atom. The molecule has 0 bridgehead atoms. The molecular formula is C15H13ClF2. The molecule has 0 aromatic heterocycles. The molecule has 0 saturated heterocycles. The van der Waals surface area contributed by atoms with Gasteiger partial charge in [0.2, 0.25) is 0 Å². The van der Waals surface area contributed by atoms with Crippen molar-refractivity contribution in [2.45, 2.75) is 12.3 Å². The molecule has 0 saturated carbocycles. The fourth-order valence-corrected chi connectivity index (χ4v) is 2.25. The van der Waals surface area contributed by atoms with Crippen LogP contribution < -0.4 is 0 Å². The Morgan fingerprint density at radius 1 is 0.944 bits per heavy atom. The normalized spacial score (nSPS) is 12.4. The molecule has 2 rings (SSSR count). The van der Waals surface area contributed by atoms with Crippen molar-refractivity contribution in [3.05, 3.63) is 71.3 Å². The Kier molecular flexibility index (Phi) is 4.32. The zero-order valence-electron chi connectivity index (χ0n) is 9.74. The summed E-state index contributed by atoms with van der Waals surface area (Å²) in [7, 11) is 0. The molecule has 0 aliphatic carbocycles. The van der Waals surface area contributed by atoms with Crippen LogP contribution in [-0.4, -0.2) is 5.88 Å². The van der Waals surface area contributed by atoms with Gasteiger partial charge in [-0.1, -0.05) is 42.5 Å². The third kappa shape index (κ3) is 2.88. The van der Waals surface area contributed by atoms with Gasteiger partial charge in [0.1, 0.15) is 0 Å². The van der Waals surface area contributed by atoms with E-state index < -0.39 is 11.6 Å². The van der Waals surface area contributed by atoms with E-state index in [1.165, 1.54) is 6.07 Å². The molecule has 94 valence electrons. The molecule has 0 amide bonds. The van der Waals surface area contributed by atoms with E-state index in [2.05, 4.69) is 0 Å². The highest BCUT2D eigenvalue weighted by Crippen LogP contribution is 2.24. The smallest absolute Gasteiger partial charge is 0.162 e. The predicted molar refractivity (Wildman–Crippen MR) is 70.0 cm³/mol. The Hall–Kier alpha value is -1.41. The summed E-state index contributed by atoms with van der Waals surface area (Å²) in [5, 5.41) is 0. The quantitative estimate of drug-likeness (QED) is 0.713. The second-order valence-corrected chi connectivity index (χ2v) is 4.49. The van der Waals surface area contributed by atoms with Crippen molar-refractivity contribution in [1.29, 1.82) is 0 Å². The van der Waals surface area contributed by atoms with E-state index in [1.54, 1.807) is 6.07 Å². The first-order chi connectivity index (χ1) is 8.72. The number of halogens is 3. The SMILES string of the molecule is Fc1cccc(CC(CCl)c2ccccc2)c1F. The Morgan fingerprint density at radius 3 is 2.33 bits per heavy atom. The lowest BCUT2D eigenvalue weighted by Crippen LogP contribution is -2.07. The van der Waals surface area contributed by atoms with Crippen molar-refractivity contribution in [1.82, 2.24) is 0 Å². The second kappa shape index (κ2) is 5.96. The Bertz CT molecular complexity index is 511. The van der Waals surface area contributed by atoms with Gasteiger partial charge in [0, 0.05) is 11.8 Å². The third-order valence-electron chi connectivity index (χ3n) is 2.96. The van der Waals surface area contributed by atoms with Crippen molar-refractivity contribution in [2.75, 3.05) is 5.88 Å². The molecule has 0 fully saturated rings. The van der Waals surface area contributed by atoms with Crippen molar-refractivity contribution < 1.29 is 8.78 Å². The molecular weight excluding hydrogens is 254 g/mol. The first-order valence-corrected chi connectivity index (χ1v) is 6.29. The zero-order chi connectivity index (χ0) is 13.0. The second-order valence-electron chi connectivity index (χ2n) is 4.18. The summed E-state index contributed by atoms with van der Waals surface area (Å²) in [6, 6.07) is 13.9. The topological polar surface area (TPSA) is 0 Å². The van der Waals surface area contributed by atoms with Crippen LogP contribution in [0.15, 0.2) is 48.5 Å². The predicted octanol–water partition coefficient (Wildman–Crippen LogP) is 4.53. The summed E-state index contributed by atoms with van der Waals surface area (Å²) in [4.78, 5) is 0. The van der Waals surface area contributed by atoms with Crippen LogP contribution in [0.3, 0.4) is 0 Å². The van der Waals surface area contributed by atoms with Gasteiger partial charge in [-0.3, -0.25) is 0 Å². The van der Waals surface area contributed by atoms with E-state index in [0.29, 0.717) is 17.9 Å². The number of hydrogen-bond donors (Lipinski definition) is 0. The lowest BCUT2D eigenvalue weighted by Gasteiger charge is -2.15. The summed E-state index contributed by atoms with van der Waals surface area (Å²) in [6.07, 6.45) is 0.400. The average molecular weight is 267 g/mol. The van der Waals surface area contributed by atoms with Crippen LogP contribution in [0, 0.1) is 11.6 Å². The van der Waals surface area contributed by atoms with Crippen LogP contribution in [0.25, 0.3) is 0 Å². The van der Waals surface area contributed by atoms with Crippen molar-refractivity contribution in [2.24, 2.45) is 0 Å². The summed E-state index contributed by atoms with van der Waals surface area (Å²) < 4.78 is 26.7. The van der Waals surface area contributed by atoms with Gasteiger partial charge in [0.15, 0.2) is 11.6 Å². The van der Waals surface area contributed by atoms with E-state index in [-0.39, 0.29) is 5.92 Å². The molecule has 2 aromatic rings. The molecule has 0 nitrogen and oxygen atoms in total. The van der Waals surface area contributed by atoms with Gasteiger partial charge in [-0.05, 0) is 23.6 Å². The first-order valence-electron chi connectivity index (χ1n) is 5.76. The Balaban J connectivity index is 2.24. The minimum absolute atomic E-state index is 0.0100. The van der Waals surface area contributed by atoms with Gasteiger partial charge >= 0.3 is 0 Å². The largest absolute Gasteiger partial charge is 0.204 e. The number of benzene rings is 2. The molecule has 0 spiro atoms. The molecule has 3 heteroatoms. The van der Waals surface area contributed by atoms with Gasteiger partial charge in [0.05, 0.1) is 0 Å². The van der Waals surface area contributed by atoms with Gasteiger partial charge in [-0.15, -0.1) is 11.6 Å². The summed E-state index contributed by atoms with van der Waals surface area (Å²) in [6.45, 7) is 0. The van der Waals surface area contributed by atoms with Gasteiger partial charge in [-0.2, -0.15) is 0 Å². The summed E-state index contributed by atoms with van der Waals surface area (Å²) >= 11 is 5.93. The maximum absolute atomic E-state index is 13.6. The highest BCUT2D eigenvalue weighted by Gasteiger charge is 2.15. The van der Waals surface area contributed by atoms with Crippen LogP contribution in [0.1, 0.15) is 17.0 Å². The summed E-state index contributed by atoms with van der Waals surface area (Å²) in [5.41, 5.74) is 1.40. The molecule has 1 atom stereocenters. The molecule has 0 heterocycles. The minimum Gasteiger partial charge on any atom is -0.204 e. The van der Waals surface area contributed by atoms with Crippen LogP contribution >= 0.6 is 11.6 Å². The van der Waals surface area contributed by atoms with Crippen molar-refractivity contribution >= 4 is 11.6 Å². The highest BCUT2D eigenvalue weighted by atomic mass is 35.5. The molecule has 0 aliphatic rings. The third-order valence-corrected chi connectivity index (χ3v) is 3.33. The molecule has 1 unspecified atom stereocenters. The highest BCUT2D eigenvalue weighted by molar-refractivity contribution is 6.18. The standard InChI is InChI=1S/C15H13ClF2/c16-10-13(11-5-2-1-3-6-11)9-12-7-4-8-14(17)15(12)18/h1-8,13H,9-10H2. The van der Waals surface area contributed by atoms with E-state index in [9.17, 15) is 8.78 Å². The van der Waals surface area contributed by atoms with E-state index in [0.717, 1.165) is 11.6 Å². The molecule has 0 aliphatic heterocycles. The molecule has 0 N–H and O–H groups in total. The average Bonchev–Trinajstić information content (AvgIpc) is 2.41. The van der Waals surface area contributed by atoms with Crippen LogP contribution in [-0.2, 0) is 6.42 Å². The zero-order valence-corrected chi connectivity index (χ0v) is 10.5. The van der Waals surface area contributed by atoms with Gasteiger partial charge < -0.3 is 0 Å². The van der Waals surface area contributed by atoms with Crippen molar-refractivity contribution in [3.63, 3.8) is 0 Å². The number of alkyl halides is 1. The van der Waals surface area contributed by atoms with E-state index in [1.807, 2.05) is 30.3 Å². The fraction of sp³-hybridized carbons (Fsp3) is 0.200. The maximum Gasteiger partial charge on any atom is 0.162 e. The van der Waals surface area contributed by atoms with E-state index in [4.69, 9.17) is 11.6 Å². The van der Waals surface area contributed by atoms with Gasteiger partial charge in [0.25, 0.3) is 0 Å². The van der Waals surface area contributed by atoms with Gasteiger partial charge in [-0.25, -0.2) is 8.78 Å².